The number of anilines is 1. The first-order valence-electron chi connectivity index (χ1n) is 6.70. The molecule has 0 amide bonds. The molecule has 1 aliphatic carbocycles. The Morgan fingerprint density at radius 2 is 2.18 bits per heavy atom. The minimum atomic E-state index is 0.634. The molecule has 0 spiro atoms. The summed E-state index contributed by atoms with van der Waals surface area (Å²) in [5, 5.41) is 0. The van der Waals surface area contributed by atoms with E-state index in [2.05, 4.69) is 27.6 Å². The van der Waals surface area contributed by atoms with E-state index in [9.17, 15) is 0 Å². The molecule has 17 heavy (non-hydrogen) atoms. The molecule has 4 heteroatoms. The molecule has 0 aliphatic heterocycles. The van der Waals surface area contributed by atoms with Gasteiger partial charge in [-0.05, 0) is 19.8 Å². The van der Waals surface area contributed by atoms with E-state index >= 15 is 0 Å². The van der Waals surface area contributed by atoms with Gasteiger partial charge >= 0.3 is 0 Å². The molecule has 0 radical (unpaired) electrons. The lowest BCUT2D eigenvalue weighted by atomic mass is 9.94. The molecule has 0 N–H and O–H groups in total. The molecular weight excluding hydrogens is 234 g/mol. The SMILES string of the molecule is CCn1ccnc1N(CCCl)C1CCCCC1. The van der Waals surface area contributed by atoms with Gasteiger partial charge in [0.1, 0.15) is 0 Å². The van der Waals surface area contributed by atoms with Gasteiger partial charge < -0.3 is 9.47 Å². The van der Waals surface area contributed by atoms with E-state index in [-0.39, 0.29) is 0 Å². The number of nitrogens with zero attached hydrogens (tertiary/aromatic N) is 3. The van der Waals surface area contributed by atoms with Crippen LogP contribution in [0.1, 0.15) is 39.0 Å². The second-order valence-corrected chi connectivity index (χ2v) is 5.07. The van der Waals surface area contributed by atoms with Gasteiger partial charge in [-0.2, -0.15) is 0 Å². The summed E-state index contributed by atoms with van der Waals surface area (Å²) in [4.78, 5) is 6.92. The number of imidazole rings is 1. The van der Waals surface area contributed by atoms with E-state index in [1.165, 1.54) is 32.1 Å². The average molecular weight is 256 g/mol. The topological polar surface area (TPSA) is 21.1 Å². The summed E-state index contributed by atoms with van der Waals surface area (Å²) in [5.41, 5.74) is 0. The highest BCUT2D eigenvalue weighted by Crippen LogP contribution is 2.26. The van der Waals surface area contributed by atoms with Crippen molar-refractivity contribution in [3.8, 4) is 0 Å². The van der Waals surface area contributed by atoms with Crippen molar-refractivity contribution >= 4 is 17.5 Å². The summed E-state index contributed by atoms with van der Waals surface area (Å²) in [6.45, 7) is 4.04. The fourth-order valence-electron chi connectivity index (χ4n) is 2.74. The zero-order chi connectivity index (χ0) is 12.1. The molecule has 0 unspecified atom stereocenters. The fraction of sp³-hybridized carbons (Fsp3) is 0.769. The van der Waals surface area contributed by atoms with Gasteiger partial charge in [-0.3, -0.25) is 0 Å². The summed E-state index contributed by atoms with van der Waals surface area (Å²) in [5.74, 6) is 1.77. The van der Waals surface area contributed by atoms with Crippen LogP contribution in [0.2, 0.25) is 0 Å². The second-order valence-electron chi connectivity index (χ2n) is 4.69. The molecule has 0 atom stereocenters. The van der Waals surface area contributed by atoms with Gasteiger partial charge in [0.25, 0.3) is 0 Å². The molecule has 1 saturated carbocycles. The molecule has 96 valence electrons. The van der Waals surface area contributed by atoms with Crippen LogP contribution in [0.4, 0.5) is 5.95 Å². The molecule has 1 aromatic rings. The maximum Gasteiger partial charge on any atom is 0.205 e. The minimum Gasteiger partial charge on any atom is -0.338 e. The van der Waals surface area contributed by atoms with Crippen LogP contribution in [0.3, 0.4) is 0 Å². The van der Waals surface area contributed by atoms with E-state index in [4.69, 9.17) is 11.6 Å². The van der Waals surface area contributed by atoms with E-state index in [0.717, 1.165) is 19.0 Å². The van der Waals surface area contributed by atoms with Crippen LogP contribution in [0, 0.1) is 0 Å². The number of hydrogen-bond donors (Lipinski definition) is 0. The standard InChI is InChI=1S/C13H22ClN3/c1-2-16-11-9-15-13(16)17(10-8-14)12-6-4-3-5-7-12/h9,11-12H,2-8,10H2,1H3. The van der Waals surface area contributed by atoms with Crippen molar-refractivity contribution in [2.75, 3.05) is 17.3 Å². The van der Waals surface area contributed by atoms with Crippen LogP contribution < -0.4 is 4.90 Å². The van der Waals surface area contributed by atoms with Gasteiger partial charge in [-0.1, -0.05) is 19.3 Å². The molecule has 2 rings (SSSR count). The number of aromatic nitrogens is 2. The van der Waals surface area contributed by atoms with Crippen molar-refractivity contribution in [1.29, 1.82) is 0 Å². The molecule has 1 aromatic heterocycles. The normalized spacial score (nSPS) is 17.3. The maximum atomic E-state index is 5.95. The lowest BCUT2D eigenvalue weighted by Crippen LogP contribution is -2.40. The zero-order valence-electron chi connectivity index (χ0n) is 10.6. The van der Waals surface area contributed by atoms with Gasteiger partial charge in [-0.15, -0.1) is 11.6 Å². The van der Waals surface area contributed by atoms with Gasteiger partial charge in [-0.25, -0.2) is 4.98 Å². The molecular formula is C13H22ClN3. The molecule has 1 aliphatic rings. The highest BCUT2D eigenvalue weighted by atomic mass is 35.5. The molecule has 0 aromatic carbocycles. The highest BCUT2D eigenvalue weighted by molar-refractivity contribution is 6.18. The molecule has 1 fully saturated rings. The zero-order valence-corrected chi connectivity index (χ0v) is 11.4. The van der Waals surface area contributed by atoms with Crippen molar-refractivity contribution < 1.29 is 0 Å². The summed E-state index contributed by atoms with van der Waals surface area (Å²) in [6, 6.07) is 0.634. The number of halogens is 1. The Bertz CT molecular complexity index is 331. The lowest BCUT2D eigenvalue weighted by Gasteiger charge is -2.35. The van der Waals surface area contributed by atoms with Crippen molar-refractivity contribution in [3.63, 3.8) is 0 Å². The summed E-state index contributed by atoms with van der Waals surface area (Å²) >= 11 is 5.95. The van der Waals surface area contributed by atoms with E-state index in [1.54, 1.807) is 0 Å². The van der Waals surface area contributed by atoms with Crippen LogP contribution in [-0.2, 0) is 6.54 Å². The number of alkyl halides is 1. The van der Waals surface area contributed by atoms with Crippen LogP contribution in [0.5, 0.6) is 0 Å². The maximum absolute atomic E-state index is 5.95. The Labute approximate surface area is 109 Å². The third kappa shape index (κ3) is 2.95. The van der Waals surface area contributed by atoms with Gasteiger partial charge in [0, 0.05) is 37.4 Å². The van der Waals surface area contributed by atoms with Gasteiger partial charge in [0.2, 0.25) is 5.95 Å². The smallest absolute Gasteiger partial charge is 0.205 e. The van der Waals surface area contributed by atoms with Crippen LogP contribution in [0.25, 0.3) is 0 Å². The molecule has 0 saturated heterocycles. The second kappa shape index (κ2) is 6.29. The van der Waals surface area contributed by atoms with Crippen molar-refractivity contribution in [1.82, 2.24) is 9.55 Å². The van der Waals surface area contributed by atoms with Crippen molar-refractivity contribution in [2.24, 2.45) is 0 Å². The quantitative estimate of drug-likeness (QED) is 0.753. The van der Waals surface area contributed by atoms with Crippen molar-refractivity contribution in [3.05, 3.63) is 12.4 Å². The number of rotatable bonds is 5. The van der Waals surface area contributed by atoms with Crippen LogP contribution in [-0.4, -0.2) is 28.0 Å². The molecule has 0 bridgehead atoms. The molecule has 1 heterocycles. The monoisotopic (exact) mass is 255 g/mol. The first kappa shape index (κ1) is 12.7. The Morgan fingerprint density at radius 1 is 1.41 bits per heavy atom. The highest BCUT2D eigenvalue weighted by Gasteiger charge is 2.23. The largest absolute Gasteiger partial charge is 0.338 e. The Morgan fingerprint density at radius 3 is 2.82 bits per heavy atom. The minimum absolute atomic E-state index is 0.634. The Balaban J connectivity index is 2.15. The summed E-state index contributed by atoms with van der Waals surface area (Å²) < 4.78 is 2.21. The van der Waals surface area contributed by atoms with Crippen molar-refractivity contribution in [2.45, 2.75) is 51.6 Å². The number of hydrogen-bond acceptors (Lipinski definition) is 2. The third-order valence-corrected chi connectivity index (χ3v) is 3.80. The predicted octanol–water partition coefficient (Wildman–Crippen LogP) is 3.28. The Hall–Kier alpha value is -0.700. The van der Waals surface area contributed by atoms with Crippen LogP contribution in [0.15, 0.2) is 12.4 Å². The van der Waals surface area contributed by atoms with E-state index in [0.29, 0.717) is 11.9 Å². The van der Waals surface area contributed by atoms with E-state index in [1.807, 2.05) is 6.20 Å². The van der Waals surface area contributed by atoms with E-state index < -0.39 is 0 Å². The third-order valence-electron chi connectivity index (χ3n) is 3.63. The first-order chi connectivity index (χ1) is 8.36. The van der Waals surface area contributed by atoms with Gasteiger partial charge in [0.15, 0.2) is 0 Å². The van der Waals surface area contributed by atoms with Crippen LogP contribution >= 0.6 is 11.6 Å². The first-order valence-corrected chi connectivity index (χ1v) is 7.24. The summed E-state index contributed by atoms with van der Waals surface area (Å²) in [7, 11) is 0. The van der Waals surface area contributed by atoms with Gasteiger partial charge in [0.05, 0.1) is 0 Å². The predicted molar refractivity (Wildman–Crippen MR) is 72.8 cm³/mol. The summed E-state index contributed by atoms with van der Waals surface area (Å²) in [6.07, 6.45) is 10.6. The average Bonchev–Trinajstić information content (AvgIpc) is 2.85. The number of aryl methyl sites for hydroxylation is 1. The molecule has 3 nitrogen and oxygen atoms in total. The fourth-order valence-corrected chi connectivity index (χ4v) is 2.92. The Kier molecular flexibility index (Phi) is 4.72. The lowest BCUT2D eigenvalue weighted by molar-refractivity contribution is 0.411.